The molecule has 0 radical (unpaired) electrons. The van der Waals surface area contributed by atoms with E-state index in [4.69, 9.17) is 8.37 Å². The lowest BCUT2D eigenvalue weighted by Gasteiger charge is -2.39. The Bertz CT molecular complexity index is 723. The van der Waals surface area contributed by atoms with Crippen LogP contribution in [0.2, 0.25) is 0 Å². The predicted molar refractivity (Wildman–Crippen MR) is 85.3 cm³/mol. The van der Waals surface area contributed by atoms with E-state index >= 15 is 0 Å². The van der Waals surface area contributed by atoms with E-state index in [9.17, 15) is 8.42 Å². The average Bonchev–Trinajstić information content (AvgIpc) is 2.53. The molecule has 0 bridgehead atoms. The first kappa shape index (κ1) is 16.1. The maximum Gasteiger partial charge on any atom is 0.407 e. The van der Waals surface area contributed by atoms with Gasteiger partial charge in [-0.2, -0.15) is 16.8 Å². The normalized spacial score (nSPS) is 18.3. The third-order valence-corrected chi connectivity index (χ3v) is 4.35. The number of nitrogens with one attached hydrogen (secondary N) is 2. The van der Waals surface area contributed by atoms with Crippen LogP contribution in [-0.4, -0.2) is 20.9 Å². The Morgan fingerprint density at radius 2 is 1.35 bits per heavy atom. The van der Waals surface area contributed by atoms with E-state index in [0.29, 0.717) is 13.1 Å². The fourth-order valence-electron chi connectivity index (χ4n) is 2.32. The van der Waals surface area contributed by atoms with Crippen molar-refractivity contribution in [3.8, 4) is 0 Å². The Morgan fingerprint density at radius 3 is 1.87 bits per heavy atom. The van der Waals surface area contributed by atoms with E-state index in [0.717, 1.165) is 11.1 Å². The maximum absolute atomic E-state index is 11.2. The zero-order valence-corrected chi connectivity index (χ0v) is 13.3. The highest BCUT2D eigenvalue weighted by atomic mass is 32.3. The molecule has 0 spiro atoms. The van der Waals surface area contributed by atoms with Crippen molar-refractivity contribution >= 4 is 10.4 Å². The van der Waals surface area contributed by atoms with Crippen LogP contribution < -0.4 is 10.6 Å². The quantitative estimate of drug-likeness (QED) is 0.799. The first-order chi connectivity index (χ1) is 11.1. The second-order valence-electron chi connectivity index (χ2n) is 5.26. The fourth-order valence-corrected chi connectivity index (χ4v) is 3.22. The lowest BCUT2D eigenvalue weighted by atomic mass is 10.2. The minimum Gasteiger partial charge on any atom is -0.306 e. The zero-order chi connectivity index (χ0) is 16.2. The van der Waals surface area contributed by atoms with E-state index in [1.165, 1.54) is 0 Å². The van der Waals surface area contributed by atoms with Crippen LogP contribution >= 0.6 is 0 Å². The number of benzene rings is 2. The van der Waals surface area contributed by atoms with Crippen molar-refractivity contribution < 1.29 is 16.8 Å². The molecule has 0 aromatic heterocycles. The zero-order valence-electron chi connectivity index (χ0n) is 12.4. The van der Waals surface area contributed by atoms with Crippen molar-refractivity contribution in [1.82, 2.24) is 10.6 Å². The van der Waals surface area contributed by atoms with Gasteiger partial charge in [-0.15, -0.1) is 0 Å². The van der Waals surface area contributed by atoms with E-state index < -0.39 is 16.3 Å². The van der Waals surface area contributed by atoms with Gasteiger partial charge in [-0.05, 0) is 11.1 Å². The fraction of sp³-hybridized carbons (Fsp3) is 0.250. The third kappa shape index (κ3) is 4.37. The molecular formula is C16H18N2O4S. The molecule has 1 heterocycles. The van der Waals surface area contributed by atoms with Crippen LogP contribution in [0.1, 0.15) is 11.1 Å². The van der Waals surface area contributed by atoms with Crippen LogP contribution in [0.25, 0.3) is 0 Å². The smallest absolute Gasteiger partial charge is 0.306 e. The van der Waals surface area contributed by atoms with Crippen molar-refractivity contribution in [3.63, 3.8) is 0 Å². The summed E-state index contributed by atoms with van der Waals surface area (Å²) in [6.07, 6.45) is 0. The molecule has 3 rings (SSSR count). The van der Waals surface area contributed by atoms with E-state index in [-0.39, 0.29) is 6.54 Å². The van der Waals surface area contributed by atoms with E-state index in [2.05, 4.69) is 10.6 Å². The van der Waals surface area contributed by atoms with Gasteiger partial charge in [0.15, 0.2) is 0 Å². The van der Waals surface area contributed by atoms with Crippen LogP contribution in [0.15, 0.2) is 60.7 Å². The monoisotopic (exact) mass is 334 g/mol. The number of hydrogen-bond donors (Lipinski definition) is 2. The minimum absolute atomic E-state index is 0.202. The number of hydrogen-bond acceptors (Lipinski definition) is 6. The van der Waals surface area contributed by atoms with Crippen molar-refractivity contribution in [3.05, 3.63) is 71.8 Å². The highest BCUT2D eigenvalue weighted by Crippen LogP contribution is 2.28. The average molecular weight is 334 g/mol. The summed E-state index contributed by atoms with van der Waals surface area (Å²) < 4.78 is 32.4. The molecule has 2 aromatic carbocycles. The maximum atomic E-state index is 11.2. The van der Waals surface area contributed by atoms with Gasteiger partial charge < -0.3 is 5.32 Å². The van der Waals surface area contributed by atoms with Crippen LogP contribution in [-0.2, 0) is 31.9 Å². The lowest BCUT2D eigenvalue weighted by Crippen LogP contribution is -2.64. The summed E-state index contributed by atoms with van der Waals surface area (Å²) in [5.41, 5.74) is 2.10. The first-order valence-corrected chi connectivity index (χ1v) is 8.60. The van der Waals surface area contributed by atoms with Gasteiger partial charge in [0.1, 0.15) is 0 Å². The molecule has 0 amide bonds. The second kappa shape index (κ2) is 6.77. The van der Waals surface area contributed by atoms with Gasteiger partial charge in [-0.1, -0.05) is 60.7 Å². The van der Waals surface area contributed by atoms with Gasteiger partial charge in [-0.3, -0.25) is 5.32 Å². The Morgan fingerprint density at radius 1 is 0.826 bits per heavy atom. The molecule has 1 aliphatic rings. The summed E-state index contributed by atoms with van der Waals surface area (Å²) in [7, 11) is -3.89. The Hall–Kier alpha value is -1.77. The van der Waals surface area contributed by atoms with Gasteiger partial charge in [0, 0.05) is 13.1 Å². The SMILES string of the molecule is O=S1(=O)OC(CNCc2ccccc2)(NCc2ccccc2)O1. The molecule has 1 aliphatic heterocycles. The topological polar surface area (TPSA) is 76.7 Å². The highest BCUT2D eigenvalue weighted by Gasteiger charge is 2.52. The summed E-state index contributed by atoms with van der Waals surface area (Å²) in [6, 6.07) is 19.4. The molecule has 6 nitrogen and oxygen atoms in total. The molecule has 23 heavy (non-hydrogen) atoms. The predicted octanol–water partition coefficient (Wildman–Crippen LogP) is 1.51. The van der Waals surface area contributed by atoms with Gasteiger partial charge in [0.2, 0.25) is 0 Å². The summed E-state index contributed by atoms with van der Waals surface area (Å²) in [5, 5.41) is 6.15. The highest BCUT2D eigenvalue weighted by molar-refractivity contribution is 7.82. The molecule has 0 saturated carbocycles. The number of rotatable bonds is 7. The first-order valence-electron chi connectivity index (χ1n) is 7.27. The summed E-state index contributed by atoms with van der Waals surface area (Å²) >= 11 is 0. The Balaban J connectivity index is 1.57. The standard InChI is InChI=1S/C16H18N2O4S/c19-23(20)21-16(22-23,18-12-15-9-5-2-6-10-15)13-17-11-14-7-3-1-4-8-14/h1-10,17-18H,11-13H2. The third-order valence-electron chi connectivity index (χ3n) is 3.41. The van der Waals surface area contributed by atoms with Crippen molar-refractivity contribution in [2.45, 2.75) is 19.0 Å². The van der Waals surface area contributed by atoms with Crippen LogP contribution in [0.4, 0.5) is 0 Å². The molecular weight excluding hydrogens is 316 g/mol. The molecule has 0 aliphatic carbocycles. The molecule has 2 N–H and O–H groups in total. The molecule has 2 aromatic rings. The lowest BCUT2D eigenvalue weighted by molar-refractivity contribution is -0.207. The van der Waals surface area contributed by atoms with Crippen molar-refractivity contribution in [1.29, 1.82) is 0 Å². The van der Waals surface area contributed by atoms with Gasteiger partial charge >= 0.3 is 10.4 Å². The van der Waals surface area contributed by atoms with Gasteiger partial charge in [0.05, 0.1) is 6.54 Å². The van der Waals surface area contributed by atoms with Crippen LogP contribution in [0.5, 0.6) is 0 Å². The minimum atomic E-state index is -3.89. The molecule has 0 unspecified atom stereocenters. The van der Waals surface area contributed by atoms with E-state index in [1.807, 2.05) is 60.7 Å². The Kier molecular flexibility index (Phi) is 4.74. The molecule has 1 saturated heterocycles. The second-order valence-corrected chi connectivity index (χ2v) is 6.41. The van der Waals surface area contributed by atoms with Crippen LogP contribution in [0, 0.1) is 0 Å². The summed E-state index contributed by atoms with van der Waals surface area (Å²) in [4.78, 5) is 0. The van der Waals surface area contributed by atoms with Crippen molar-refractivity contribution in [2.24, 2.45) is 0 Å². The molecule has 7 heteroatoms. The van der Waals surface area contributed by atoms with Crippen LogP contribution in [0.3, 0.4) is 0 Å². The summed E-state index contributed by atoms with van der Waals surface area (Å²) in [6.45, 7) is 1.22. The molecule has 0 atom stereocenters. The van der Waals surface area contributed by atoms with Gasteiger partial charge in [0.25, 0.3) is 5.91 Å². The Labute approximate surface area is 135 Å². The van der Waals surface area contributed by atoms with Gasteiger partial charge in [-0.25, -0.2) is 0 Å². The summed E-state index contributed by atoms with van der Waals surface area (Å²) in [5.74, 6) is -1.36. The largest absolute Gasteiger partial charge is 0.407 e. The van der Waals surface area contributed by atoms with E-state index in [1.54, 1.807) is 0 Å². The molecule has 122 valence electrons. The van der Waals surface area contributed by atoms with Crippen molar-refractivity contribution in [2.75, 3.05) is 6.54 Å². The molecule has 1 fully saturated rings.